The van der Waals surface area contributed by atoms with Gasteiger partial charge in [-0.25, -0.2) is 9.98 Å². The fourth-order valence-electron chi connectivity index (χ4n) is 5.39. The Morgan fingerprint density at radius 2 is 1.67 bits per heavy atom. The Balaban J connectivity index is 2.36. The first-order valence-electron chi connectivity index (χ1n) is 15.5. The number of fused-ring (bicyclic) bond motifs is 1. The van der Waals surface area contributed by atoms with Crippen LogP contribution < -0.4 is 21.2 Å². The highest BCUT2D eigenvalue weighted by Gasteiger charge is 2.17. The number of unbranched alkanes of at least 4 members (excludes halogenated alkanes) is 4. The lowest BCUT2D eigenvalue weighted by Gasteiger charge is -2.21. The van der Waals surface area contributed by atoms with Crippen LogP contribution in [-0.4, -0.2) is 27.7 Å². The number of anilines is 1. The maximum absolute atomic E-state index is 13.9. The summed E-state index contributed by atoms with van der Waals surface area (Å²) in [7, 11) is 0. The number of aryl methyl sites for hydroxylation is 2. The van der Waals surface area contributed by atoms with Gasteiger partial charge in [-0.15, -0.1) is 0 Å². The van der Waals surface area contributed by atoms with Gasteiger partial charge in [0.2, 0.25) is 0 Å². The third kappa shape index (κ3) is 7.20. The second-order valence-corrected chi connectivity index (χ2v) is 10.7. The van der Waals surface area contributed by atoms with Crippen molar-refractivity contribution in [2.45, 2.75) is 119 Å². The molecule has 1 aromatic carbocycles. The zero-order chi connectivity index (χ0) is 28.4. The molecule has 214 valence electrons. The summed E-state index contributed by atoms with van der Waals surface area (Å²) >= 11 is 0. The molecule has 0 unspecified atom stereocenters. The first-order valence-corrected chi connectivity index (χ1v) is 15.5. The Morgan fingerprint density at radius 1 is 0.949 bits per heavy atom. The number of H-pyrrole nitrogens is 1. The summed E-state index contributed by atoms with van der Waals surface area (Å²) in [5, 5.41) is 5.26. The molecule has 0 radical (unpaired) electrons. The molecule has 0 amide bonds. The van der Waals surface area contributed by atoms with E-state index in [4.69, 9.17) is 9.98 Å². The van der Waals surface area contributed by atoms with Crippen molar-refractivity contribution in [2.75, 3.05) is 18.0 Å². The van der Waals surface area contributed by atoms with Gasteiger partial charge < -0.3 is 4.90 Å². The largest absolute Gasteiger partial charge is 0.372 e. The van der Waals surface area contributed by atoms with E-state index in [1.165, 1.54) is 11.3 Å². The van der Waals surface area contributed by atoms with Gasteiger partial charge in [0.05, 0.1) is 16.7 Å². The van der Waals surface area contributed by atoms with E-state index in [0.717, 1.165) is 117 Å². The first-order chi connectivity index (χ1) is 18.9. The number of nitrogens with one attached hydrogen (secondary N) is 1. The number of aromatic amines is 1. The van der Waals surface area contributed by atoms with Gasteiger partial charge in [0.15, 0.2) is 5.65 Å². The van der Waals surface area contributed by atoms with Crippen molar-refractivity contribution in [2.24, 2.45) is 4.99 Å². The fraction of sp³-hybridized carbons (Fsp3) is 0.606. The summed E-state index contributed by atoms with van der Waals surface area (Å²) in [4.78, 5) is 26.7. The molecule has 0 fully saturated rings. The van der Waals surface area contributed by atoms with Gasteiger partial charge in [0.25, 0.3) is 5.56 Å². The smallest absolute Gasteiger partial charge is 0.276 e. The second kappa shape index (κ2) is 15.0. The Bertz CT molecular complexity index is 1390. The quantitative estimate of drug-likeness (QED) is 0.215. The molecule has 3 aromatic rings. The fourth-order valence-corrected chi connectivity index (χ4v) is 5.39. The van der Waals surface area contributed by atoms with Gasteiger partial charge >= 0.3 is 0 Å². The van der Waals surface area contributed by atoms with E-state index in [0.29, 0.717) is 5.65 Å². The van der Waals surface area contributed by atoms with Crippen molar-refractivity contribution in [1.82, 2.24) is 14.6 Å². The number of hydrogen-bond donors (Lipinski definition) is 1. The van der Waals surface area contributed by atoms with Crippen LogP contribution >= 0.6 is 0 Å². The molecule has 0 aliphatic carbocycles. The monoisotopic (exact) mass is 533 g/mol. The molecule has 2 heterocycles. The van der Waals surface area contributed by atoms with Gasteiger partial charge in [0.1, 0.15) is 5.36 Å². The van der Waals surface area contributed by atoms with E-state index >= 15 is 0 Å². The molecular weight excluding hydrogens is 482 g/mol. The average molecular weight is 534 g/mol. The van der Waals surface area contributed by atoms with Gasteiger partial charge in [0, 0.05) is 24.3 Å². The molecule has 0 saturated heterocycles. The second-order valence-electron chi connectivity index (χ2n) is 10.7. The van der Waals surface area contributed by atoms with Gasteiger partial charge in [-0.2, -0.15) is 4.52 Å². The summed E-state index contributed by atoms with van der Waals surface area (Å²) in [5.41, 5.74) is 7.12. The molecule has 0 saturated carbocycles. The summed E-state index contributed by atoms with van der Waals surface area (Å²) in [5.74, 6) is 0. The first kappa shape index (κ1) is 30.6. The molecule has 3 rings (SSSR count). The lowest BCUT2D eigenvalue weighted by atomic mass is 10.0. The van der Waals surface area contributed by atoms with Crippen LogP contribution in [0.2, 0.25) is 0 Å². The molecule has 2 aromatic heterocycles. The SMILES string of the molecule is CCCCCc1nc2c(=Nc3ccc(N(CC)CC)cc3C)/c(=C(/CC)CCCC)[nH]n2c(=O)c1CCCC. The number of rotatable bonds is 15. The lowest BCUT2D eigenvalue weighted by molar-refractivity contribution is 0.685. The molecule has 1 N–H and O–H groups in total. The molecular formula is C33H51N5O. The van der Waals surface area contributed by atoms with E-state index in [1.54, 1.807) is 4.52 Å². The standard InChI is InChI=1S/C33H51N5O/c1-8-14-17-20-29-27(19-16-10-3)33(39)38-32(35-29)31(30(36-38)25(11-4)18-15-9-2)34-28-22-21-26(23-24(28)7)37(12-5)13-6/h21-23,36H,8-20H2,1-7H3/b30-25+,34-31?. The molecule has 0 aliphatic heterocycles. The molecule has 39 heavy (non-hydrogen) atoms. The minimum atomic E-state index is 0.0437. The summed E-state index contributed by atoms with van der Waals surface area (Å²) in [6, 6.07) is 6.50. The number of nitrogens with zero attached hydrogens (tertiary/aromatic N) is 4. The molecule has 0 bridgehead atoms. The Labute approximate surface area is 235 Å². The third-order valence-corrected chi connectivity index (χ3v) is 7.89. The van der Waals surface area contributed by atoms with E-state index in [1.807, 2.05) is 0 Å². The Morgan fingerprint density at radius 3 is 2.28 bits per heavy atom. The zero-order valence-corrected chi connectivity index (χ0v) is 25.6. The minimum absolute atomic E-state index is 0.0437. The van der Waals surface area contributed by atoms with Crippen molar-refractivity contribution in [1.29, 1.82) is 0 Å². The third-order valence-electron chi connectivity index (χ3n) is 7.89. The van der Waals surface area contributed by atoms with Crippen LogP contribution in [0.4, 0.5) is 11.4 Å². The van der Waals surface area contributed by atoms with Crippen molar-refractivity contribution in [3.63, 3.8) is 0 Å². The molecule has 6 heteroatoms. The summed E-state index contributed by atoms with van der Waals surface area (Å²) in [6.45, 7) is 17.2. The van der Waals surface area contributed by atoms with E-state index in [-0.39, 0.29) is 5.56 Å². The van der Waals surface area contributed by atoms with E-state index < -0.39 is 0 Å². The van der Waals surface area contributed by atoms with Gasteiger partial charge in [-0.05, 0) is 95.1 Å². The number of hydrogen-bond acceptors (Lipinski definition) is 4. The Kier molecular flexibility index (Phi) is 11.8. The normalized spacial score (nSPS) is 12.9. The number of benzene rings is 1. The topological polar surface area (TPSA) is 65.8 Å². The van der Waals surface area contributed by atoms with Crippen LogP contribution in [0.3, 0.4) is 0 Å². The predicted octanol–water partition coefficient (Wildman–Crippen LogP) is 6.95. The minimum Gasteiger partial charge on any atom is -0.372 e. The molecule has 6 nitrogen and oxygen atoms in total. The molecule has 0 aliphatic rings. The van der Waals surface area contributed by atoms with Crippen molar-refractivity contribution in [3.05, 3.63) is 56.1 Å². The van der Waals surface area contributed by atoms with E-state index in [9.17, 15) is 4.79 Å². The van der Waals surface area contributed by atoms with Crippen LogP contribution in [0.25, 0.3) is 11.2 Å². The predicted molar refractivity (Wildman–Crippen MR) is 166 cm³/mol. The van der Waals surface area contributed by atoms with Crippen molar-refractivity contribution >= 4 is 22.6 Å². The van der Waals surface area contributed by atoms with Gasteiger partial charge in [-0.3, -0.25) is 9.89 Å². The maximum Gasteiger partial charge on any atom is 0.276 e. The van der Waals surface area contributed by atoms with Gasteiger partial charge in [-0.1, -0.05) is 53.4 Å². The van der Waals surface area contributed by atoms with Crippen molar-refractivity contribution < 1.29 is 0 Å². The van der Waals surface area contributed by atoms with Crippen LogP contribution in [0.1, 0.15) is 116 Å². The van der Waals surface area contributed by atoms with Crippen LogP contribution in [-0.2, 0) is 12.8 Å². The zero-order valence-electron chi connectivity index (χ0n) is 25.6. The molecule has 0 atom stereocenters. The number of aromatic nitrogens is 3. The highest BCUT2D eigenvalue weighted by Crippen LogP contribution is 2.24. The highest BCUT2D eigenvalue weighted by atomic mass is 16.1. The van der Waals surface area contributed by atoms with E-state index in [2.05, 4.69) is 76.7 Å². The highest BCUT2D eigenvalue weighted by molar-refractivity contribution is 5.59. The van der Waals surface area contributed by atoms with Crippen LogP contribution in [0, 0.1) is 6.92 Å². The lowest BCUT2D eigenvalue weighted by Crippen LogP contribution is -2.26. The summed E-state index contributed by atoms with van der Waals surface area (Å²) < 4.78 is 1.68. The van der Waals surface area contributed by atoms with Crippen LogP contribution in [0.5, 0.6) is 0 Å². The Hall–Kier alpha value is -2.89. The maximum atomic E-state index is 13.9. The van der Waals surface area contributed by atoms with Crippen LogP contribution in [0.15, 0.2) is 28.0 Å². The average Bonchev–Trinajstić information content (AvgIpc) is 3.29. The molecule has 0 spiro atoms. The van der Waals surface area contributed by atoms with Crippen molar-refractivity contribution in [3.8, 4) is 0 Å². The summed E-state index contributed by atoms with van der Waals surface area (Å²) in [6.07, 6.45) is 11.2.